The minimum atomic E-state index is -1.67. The van der Waals surface area contributed by atoms with Gasteiger partial charge in [-0.2, -0.15) is 0 Å². The quantitative estimate of drug-likeness (QED) is 0.175. The van der Waals surface area contributed by atoms with E-state index in [1.807, 2.05) is 51.1 Å². The summed E-state index contributed by atoms with van der Waals surface area (Å²) in [6, 6.07) is 16.3. The van der Waals surface area contributed by atoms with E-state index in [2.05, 4.69) is 21.4 Å². The Balaban J connectivity index is -0.000000222. The van der Waals surface area contributed by atoms with E-state index in [0.717, 1.165) is 37.9 Å². The normalized spacial score (nSPS) is 9.23. The number of benzene rings is 3. The number of aryl methyl sites for hydroxylation is 3. The first kappa shape index (κ1) is 43.6. The van der Waals surface area contributed by atoms with Crippen LogP contribution in [0, 0.1) is 20.8 Å². The summed E-state index contributed by atoms with van der Waals surface area (Å²) in [6.45, 7) is 8.02. The summed E-state index contributed by atoms with van der Waals surface area (Å²) >= 11 is 22.8. The maximum absolute atomic E-state index is 11.3. The minimum absolute atomic E-state index is 0. The number of ether oxygens (including phenoxy) is 1. The fraction of sp³-hybridized carbons (Fsp3) is 0.269. The molecule has 212 valence electrons. The van der Waals surface area contributed by atoms with Crippen LogP contribution >= 0.6 is 67.8 Å². The van der Waals surface area contributed by atoms with Crippen molar-refractivity contribution < 1.29 is 39.1 Å². The molecule has 0 saturated heterocycles. The molecule has 0 aliphatic carbocycles. The van der Waals surface area contributed by atoms with E-state index in [1.54, 1.807) is 31.2 Å². The van der Waals surface area contributed by atoms with Crippen LogP contribution in [0.4, 0.5) is 0 Å². The third-order valence-electron chi connectivity index (χ3n) is 4.61. The molecule has 0 radical (unpaired) electrons. The zero-order chi connectivity index (χ0) is 28.5. The van der Waals surface area contributed by atoms with Gasteiger partial charge in [-0.15, -0.1) is 11.6 Å². The van der Waals surface area contributed by atoms with E-state index in [9.17, 15) is 4.79 Å². The zero-order valence-corrected chi connectivity index (χ0v) is 27.0. The molecular formula is C26H32AlCl6LiO4S. The first-order valence-corrected chi connectivity index (χ1v) is 15.2. The van der Waals surface area contributed by atoms with Crippen molar-refractivity contribution in [2.75, 3.05) is 6.61 Å². The van der Waals surface area contributed by atoms with Crippen molar-refractivity contribution in [2.45, 2.75) is 40.2 Å². The van der Waals surface area contributed by atoms with Crippen LogP contribution in [0.15, 0.2) is 54.6 Å². The number of halogens is 6. The number of hydrogen-bond donors (Lipinski definition) is 1. The molecule has 3 aromatic carbocycles. The van der Waals surface area contributed by atoms with Crippen LogP contribution in [0.2, 0.25) is 15.1 Å². The van der Waals surface area contributed by atoms with Crippen molar-refractivity contribution >= 4 is 100 Å². The van der Waals surface area contributed by atoms with Crippen molar-refractivity contribution in [3.8, 4) is 0 Å². The average molecular weight is 687 g/mol. The summed E-state index contributed by atoms with van der Waals surface area (Å²) in [5.41, 5.74) is 5.69. The van der Waals surface area contributed by atoms with Crippen LogP contribution in [-0.2, 0) is 26.5 Å². The third-order valence-corrected chi connectivity index (χ3v) is 5.60. The van der Waals surface area contributed by atoms with Crippen molar-refractivity contribution in [1.82, 2.24) is 0 Å². The summed E-state index contributed by atoms with van der Waals surface area (Å²) < 4.78 is 14.0. The molecule has 0 aromatic heterocycles. The summed E-state index contributed by atoms with van der Waals surface area (Å²) in [5, 5.41) is 10.9. The summed E-state index contributed by atoms with van der Waals surface area (Å²) in [4.78, 5) is 11.3. The van der Waals surface area contributed by atoms with E-state index < -0.39 is 9.23 Å². The van der Waals surface area contributed by atoms with Crippen LogP contribution in [0.25, 0.3) is 0 Å². The van der Waals surface area contributed by atoms with E-state index in [-0.39, 0.29) is 50.2 Å². The Morgan fingerprint density at radius 2 is 1.23 bits per heavy atom. The average Bonchev–Trinajstić information content (AvgIpc) is 2.80. The van der Waals surface area contributed by atoms with Crippen molar-refractivity contribution in [1.29, 1.82) is 0 Å². The largest absolute Gasteiger partial charge is 1.00 e. The van der Waals surface area contributed by atoms with Gasteiger partial charge in [-0.1, -0.05) is 46.9 Å². The molecule has 0 amide bonds. The maximum Gasteiger partial charge on any atom is 1.00 e. The number of aliphatic hydroxyl groups is 1. The van der Waals surface area contributed by atoms with E-state index >= 15 is 0 Å². The molecule has 3 aromatic rings. The minimum Gasteiger partial charge on any atom is -1.00 e. The van der Waals surface area contributed by atoms with Gasteiger partial charge < -0.3 is 11.3 Å². The van der Waals surface area contributed by atoms with E-state index in [4.69, 9.17) is 60.5 Å². The first-order valence-electron chi connectivity index (χ1n) is 10.7. The van der Waals surface area contributed by atoms with Gasteiger partial charge in [0.2, 0.25) is 9.23 Å². The predicted octanol–water partition coefficient (Wildman–Crippen LogP) is 5.33. The van der Waals surface area contributed by atoms with Gasteiger partial charge in [0.1, 0.15) is 0 Å². The van der Waals surface area contributed by atoms with Gasteiger partial charge in [0.05, 0.1) is 18.8 Å². The Morgan fingerprint density at radius 1 is 0.846 bits per heavy atom. The number of esters is 1. The molecule has 0 aliphatic rings. The molecule has 0 aliphatic heterocycles. The Labute approximate surface area is 286 Å². The molecule has 0 bridgehead atoms. The topological polar surface area (TPSA) is 63.6 Å². The van der Waals surface area contributed by atoms with Crippen molar-refractivity contribution in [2.24, 2.45) is 0 Å². The van der Waals surface area contributed by atoms with Crippen LogP contribution in [0.5, 0.6) is 0 Å². The standard InChI is InChI=1S/C10H11ClO2.C8H8Cl2.C8H9ClO.Al.Cl2OS.Li.4H/c1-3-13-10(12)9-5-4-8(11)6-7(9)2;1-6-4-8(10)3-2-7(6)5-9;1-6-4-8(9)3-2-7(6)5-10;;1-4(2)3;;;;;/h4-6H,3H2,1-2H3;2-4H,5H2,1H3;2-4,10H,5H2,1H3;;;;;;;/q;;;;;+1;;;;-1. The van der Waals surface area contributed by atoms with Gasteiger partial charge in [-0.25, -0.2) is 9.00 Å². The zero-order valence-electron chi connectivity index (χ0n) is 22.7. The molecule has 13 heteroatoms. The second kappa shape index (κ2) is 24.7. The SMILES string of the molecule is CCOC(=O)c1ccc(Cl)cc1C.Cc1cc(Cl)ccc1CCl.Cc1cc(Cl)ccc1CO.O=S(Cl)Cl.[AlH3].[H-].[Li+]. The number of rotatable bonds is 4. The number of alkyl halides is 1. The molecule has 4 nitrogen and oxygen atoms in total. The third kappa shape index (κ3) is 19.8. The first-order chi connectivity index (χ1) is 17.4. The Kier molecular flexibility index (Phi) is 27.6. The van der Waals surface area contributed by atoms with E-state index in [1.165, 1.54) is 0 Å². The second-order valence-electron chi connectivity index (χ2n) is 7.30. The van der Waals surface area contributed by atoms with Crippen LogP contribution in [0.3, 0.4) is 0 Å². The molecule has 0 saturated carbocycles. The van der Waals surface area contributed by atoms with Gasteiger partial charge in [-0.05, 0) is 98.0 Å². The fourth-order valence-electron chi connectivity index (χ4n) is 2.71. The van der Waals surface area contributed by atoms with Crippen LogP contribution in [0.1, 0.15) is 46.5 Å². The molecule has 1 N–H and O–H groups in total. The van der Waals surface area contributed by atoms with Gasteiger partial charge in [0.25, 0.3) is 0 Å². The number of carbonyl (C=O) groups is 1. The molecule has 0 fully saturated rings. The van der Waals surface area contributed by atoms with Crippen LogP contribution in [-0.4, -0.2) is 39.3 Å². The number of carbonyl (C=O) groups excluding carboxylic acids is 1. The second-order valence-corrected chi connectivity index (χ2v) is 11.4. The number of aliphatic hydroxyl groups excluding tert-OH is 1. The monoisotopic (exact) mass is 684 g/mol. The molecule has 3 rings (SSSR count). The van der Waals surface area contributed by atoms with Gasteiger partial charge in [0.15, 0.2) is 17.4 Å². The number of hydrogen-bond acceptors (Lipinski definition) is 4. The summed E-state index contributed by atoms with van der Waals surface area (Å²) in [7, 11) is 7.36. The van der Waals surface area contributed by atoms with Crippen LogP contribution < -0.4 is 18.9 Å². The van der Waals surface area contributed by atoms with Gasteiger partial charge in [0, 0.05) is 42.3 Å². The fourth-order valence-corrected chi connectivity index (χ4v) is 3.69. The Bertz CT molecular complexity index is 1120. The predicted molar refractivity (Wildman–Crippen MR) is 171 cm³/mol. The molecule has 0 unspecified atom stereocenters. The van der Waals surface area contributed by atoms with E-state index in [0.29, 0.717) is 23.1 Å². The van der Waals surface area contributed by atoms with Crippen molar-refractivity contribution in [3.05, 3.63) is 103 Å². The molecular weight excluding hydrogens is 655 g/mol. The molecule has 0 heterocycles. The molecule has 39 heavy (non-hydrogen) atoms. The maximum atomic E-state index is 11.3. The Morgan fingerprint density at radius 3 is 1.56 bits per heavy atom. The summed E-state index contributed by atoms with van der Waals surface area (Å²) in [5.74, 6) is 0.264. The summed E-state index contributed by atoms with van der Waals surface area (Å²) in [6.07, 6.45) is 0. The molecule has 0 atom stereocenters. The molecule has 0 spiro atoms. The van der Waals surface area contributed by atoms with Gasteiger partial charge >= 0.3 is 24.8 Å². The van der Waals surface area contributed by atoms with Crippen molar-refractivity contribution in [3.63, 3.8) is 0 Å². The smallest absolute Gasteiger partial charge is 1.00 e. The van der Waals surface area contributed by atoms with Gasteiger partial charge in [-0.3, -0.25) is 0 Å². The Hall–Kier alpha value is 0.110.